The molecular weight excluding hydrogens is 415 g/mol. The van der Waals surface area contributed by atoms with Crippen LogP contribution in [-0.2, 0) is 10.0 Å². The van der Waals surface area contributed by atoms with Crippen LogP contribution in [0.25, 0.3) is 0 Å². The summed E-state index contributed by atoms with van der Waals surface area (Å²) in [6.07, 6.45) is 0. The summed E-state index contributed by atoms with van der Waals surface area (Å²) < 4.78 is 40.8. The van der Waals surface area contributed by atoms with E-state index in [1.54, 1.807) is 6.07 Å². The first kappa shape index (κ1) is 15.4. The third-order valence-electron chi connectivity index (χ3n) is 2.46. The van der Waals surface area contributed by atoms with Crippen molar-refractivity contribution in [2.75, 3.05) is 4.72 Å². The molecule has 8 heteroatoms. The number of aromatic nitrogens is 1. The van der Waals surface area contributed by atoms with Gasteiger partial charge in [-0.1, -0.05) is 22.0 Å². The third-order valence-corrected chi connectivity index (χ3v) is 5.62. The molecule has 0 fully saturated rings. The fourth-order valence-corrected chi connectivity index (χ4v) is 4.17. The highest BCUT2D eigenvalue weighted by Crippen LogP contribution is 2.29. The van der Waals surface area contributed by atoms with E-state index in [2.05, 4.69) is 41.6 Å². The van der Waals surface area contributed by atoms with Crippen LogP contribution in [0.15, 0.2) is 44.2 Å². The van der Waals surface area contributed by atoms with Gasteiger partial charge in [0.2, 0.25) is 5.95 Å². The zero-order valence-corrected chi connectivity index (χ0v) is 14.2. The van der Waals surface area contributed by atoms with Gasteiger partial charge in [0, 0.05) is 8.95 Å². The van der Waals surface area contributed by atoms with Crippen LogP contribution in [-0.4, -0.2) is 13.4 Å². The molecule has 4 nitrogen and oxygen atoms in total. The summed E-state index contributed by atoms with van der Waals surface area (Å²) in [5.41, 5.74) is 0.889. The Kier molecular flexibility index (Phi) is 4.46. The average Bonchev–Trinajstić information content (AvgIpc) is 2.33. The number of pyridine rings is 1. The topological polar surface area (TPSA) is 59.1 Å². The molecule has 1 aromatic heterocycles. The lowest BCUT2D eigenvalue weighted by atomic mass is 10.2. The van der Waals surface area contributed by atoms with E-state index in [0.29, 0.717) is 8.95 Å². The van der Waals surface area contributed by atoms with Gasteiger partial charge < -0.3 is 0 Å². The molecule has 1 aromatic carbocycles. The monoisotopic (exact) mass is 422 g/mol. The number of hydrogen-bond donors (Lipinski definition) is 1. The largest absolute Gasteiger partial charge is 0.264 e. The van der Waals surface area contributed by atoms with Gasteiger partial charge in [-0.2, -0.15) is 4.39 Å². The van der Waals surface area contributed by atoms with Crippen molar-refractivity contribution < 1.29 is 12.8 Å². The average molecular weight is 424 g/mol. The third kappa shape index (κ3) is 3.36. The molecule has 20 heavy (non-hydrogen) atoms. The minimum Gasteiger partial charge on any atom is -0.263 e. The maximum absolute atomic E-state index is 13.0. The van der Waals surface area contributed by atoms with E-state index >= 15 is 0 Å². The Morgan fingerprint density at radius 3 is 2.55 bits per heavy atom. The summed E-state index contributed by atoms with van der Waals surface area (Å²) in [5.74, 6) is -0.831. The quantitative estimate of drug-likeness (QED) is 0.762. The lowest BCUT2D eigenvalue weighted by Crippen LogP contribution is -2.15. The molecule has 0 aliphatic rings. The van der Waals surface area contributed by atoms with Gasteiger partial charge in [-0.15, -0.1) is 0 Å². The second kappa shape index (κ2) is 5.79. The Morgan fingerprint density at radius 2 is 1.90 bits per heavy atom. The molecular formula is C12H9Br2FN2O2S. The van der Waals surface area contributed by atoms with Crippen LogP contribution < -0.4 is 4.72 Å². The lowest BCUT2D eigenvalue weighted by molar-refractivity contribution is 0.584. The SMILES string of the molecule is Cc1cc(Br)c(S(=O)(=O)Nc2cccc(F)n2)cc1Br. The smallest absolute Gasteiger partial charge is 0.263 e. The molecule has 0 amide bonds. The molecule has 0 atom stereocenters. The molecule has 0 saturated heterocycles. The van der Waals surface area contributed by atoms with E-state index in [-0.39, 0.29) is 10.7 Å². The zero-order chi connectivity index (χ0) is 14.9. The van der Waals surface area contributed by atoms with Gasteiger partial charge in [-0.05, 0) is 52.7 Å². The van der Waals surface area contributed by atoms with Gasteiger partial charge in [0.25, 0.3) is 10.0 Å². The molecule has 0 bridgehead atoms. The Hall–Kier alpha value is -0.990. The second-order valence-corrected chi connectivity index (χ2v) is 7.34. The number of anilines is 1. The molecule has 106 valence electrons. The number of rotatable bonds is 3. The predicted octanol–water partition coefficient (Wildman–Crippen LogP) is 3.85. The summed E-state index contributed by atoms with van der Waals surface area (Å²) in [6, 6.07) is 7.03. The Morgan fingerprint density at radius 1 is 1.20 bits per heavy atom. The first-order chi connectivity index (χ1) is 9.29. The Bertz CT molecular complexity index is 766. The summed E-state index contributed by atoms with van der Waals surface area (Å²) >= 11 is 6.49. The minimum atomic E-state index is -3.86. The highest BCUT2D eigenvalue weighted by Gasteiger charge is 2.19. The van der Waals surface area contributed by atoms with Gasteiger partial charge in [0.05, 0.1) is 0 Å². The van der Waals surface area contributed by atoms with Crippen molar-refractivity contribution in [3.8, 4) is 0 Å². The number of benzene rings is 1. The van der Waals surface area contributed by atoms with Gasteiger partial charge in [-0.25, -0.2) is 13.4 Å². The highest BCUT2D eigenvalue weighted by molar-refractivity contribution is 9.11. The fraction of sp³-hybridized carbons (Fsp3) is 0.0833. The van der Waals surface area contributed by atoms with Crippen molar-refractivity contribution in [1.82, 2.24) is 4.98 Å². The molecule has 2 aromatic rings. The van der Waals surface area contributed by atoms with Crippen LogP contribution in [0, 0.1) is 12.9 Å². The van der Waals surface area contributed by atoms with Gasteiger partial charge in [0.15, 0.2) is 0 Å². The summed E-state index contributed by atoms with van der Waals surface area (Å²) in [5, 5.41) is 0. The zero-order valence-electron chi connectivity index (χ0n) is 10.2. The molecule has 0 unspecified atom stereocenters. The number of aryl methyl sites for hydroxylation is 1. The van der Waals surface area contributed by atoms with Crippen LogP contribution in [0.4, 0.5) is 10.2 Å². The van der Waals surface area contributed by atoms with Crippen LogP contribution >= 0.6 is 31.9 Å². The highest BCUT2D eigenvalue weighted by atomic mass is 79.9. The van der Waals surface area contributed by atoms with Crippen molar-refractivity contribution in [3.05, 3.63) is 50.8 Å². The summed E-state index contributed by atoms with van der Waals surface area (Å²) in [7, 11) is -3.86. The Balaban J connectivity index is 2.43. The molecule has 0 saturated carbocycles. The van der Waals surface area contributed by atoms with Gasteiger partial charge >= 0.3 is 0 Å². The van der Waals surface area contributed by atoms with Gasteiger partial charge in [-0.3, -0.25) is 4.72 Å². The Labute approximate surface area is 132 Å². The molecule has 1 N–H and O–H groups in total. The molecule has 2 rings (SSSR count). The predicted molar refractivity (Wildman–Crippen MR) is 81.6 cm³/mol. The maximum atomic E-state index is 13.0. The van der Waals surface area contributed by atoms with Gasteiger partial charge in [0.1, 0.15) is 10.7 Å². The second-order valence-electron chi connectivity index (χ2n) is 3.98. The normalized spacial score (nSPS) is 11.4. The van der Waals surface area contributed by atoms with Crippen LogP contribution in [0.2, 0.25) is 0 Å². The van der Waals surface area contributed by atoms with E-state index in [9.17, 15) is 12.8 Å². The van der Waals surface area contributed by atoms with E-state index in [1.165, 1.54) is 18.2 Å². The maximum Gasteiger partial charge on any atom is 0.264 e. The lowest BCUT2D eigenvalue weighted by Gasteiger charge is -2.10. The molecule has 0 aliphatic carbocycles. The first-order valence-corrected chi connectivity index (χ1v) is 8.47. The van der Waals surface area contributed by atoms with E-state index in [1.807, 2.05) is 6.92 Å². The van der Waals surface area contributed by atoms with E-state index in [0.717, 1.165) is 11.6 Å². The number of halogens is 3. The van der Waals surface area contributed by atoms with Crippen molar-refractivity contribution >= 4 is 47.7 Å². The molecule has 0 spiro atoms. The van der Waals surface area contributed by atoms with Crippen LogP contribution in [0.3, 0.4) is 0 Å². The van der Waals surface area contributed by atoms with Crippen molar-refractivity contribution in [2.45, 2.75) is 11.8 Å². The first-order valence-electron chi connectivity index (χ1n) is 5.40. The van der Waals surface area contributed by atoms with Crippen molar-refractivity contribution in [2.24, 2.45) is 0 Å². The number of nitrogens with zero attached hydrogens (tertiary/aromatic N) is 1. The number of hydrogen-bond acceptors (Lipinski definition) is 3. The molecule has 0 aliphatic heterocycles. The van der Waals surface area contributed by atoms with E-state index in [4.69, 9.17) is 0 Å². The van der Waals surface area contributed by atoms with Crippen molar-refractivity contribution in [3.63, 3.8) is 0 Å². The van der Waals surface area contributed by atoms with E-state index < -0.39 is 16.0 Å². The number of nitrogens with one attached hydrogen (secondary N) is 1. The standard InChI is InChI=1S/C12H9Br2FN2O2S/c1-7-5-9(14)10(6-8(7)13)20(18,19)17-12-4-2-3-11(15)16-12/h2-6H,1H3,(H,16,17). The fourth-order valence-electron chi connectivity index (χ4n) is 1.49. The van der Waals surface area contributed by atoms with Crippen molar-refractivity contribution in [1.29, 1.82) is 0 Å². The minimum absolute atomic E-state index is 0.0426. The molecule has 0 radical (unpaired) electrons. The molecule has 1 heterocycles. The van der Waals surface area contributed by atoms with Crippen LogP contribution in [0.1, 0.15) is 5.56 Å². The summed E-state index contributed by atoms with van der Waals surface area (Å²) in [4.78, 5) is 3.51. The number of sulfonamides is 1. The van der Waals surface area contributed by atoms with Crippen LogP contribution in [0.5, 0.6) is 0 Å². The summed E-state index contributed by atoms with van der Waals surface area (Å²) in [6.45, 7) is 1.84.